The van der Waals surface area contributed by atoms with E-state index in [1.54, 1.807) is 0 Å². The Morgan fingerprint density at radius 3 is 2.60 bits per heavy atom. The van der Waals surface area contributed by atoms with Gasteiger partial charge in [0.15, 0.2) is 0 Å². The molecule has 0 bridgehead atoms. The van der Waals surface area contributed by atoms with Gasteiger partial charge < -0.3 is 5.32 Å². The van der Waals surface area contributed by atoms with E-state index in [4.69, 9.17) is 0 Å². The number of hydrogen-bond acceptors (Lipinski definition) is 2. The SMILES string of the molecule is CCC1CN(Cc2ccccc2)C2(CCCCC2)CN1. The second-order valence-corrected chi connectivity index (χ2v) is 6.64. The van der Waals surface area contributed by atoms with Gasteiger partial charge in [-0.2, -0.15) is 0 Å². The summed E-state index contributed by atoms with van der Waals surface area (Å²) in [5, 5.41) is 3.80. The topological polar surface area (TPSA) is 15.3 Å². The molecule has 2 heteroatoms. The Balaban J connectivity index is 1.77. The molecule has 110 valence electrons. The van der Waals surface area contributed by atoms with Gasteiger partial charge in [-0.15, -0.1) is 0 Å². The molecule has 1 saturated carbocycles. The number of benzene rings is 1. The molecular formula is C18H28N2. The van der Waals surface area contributed by atoms with Crippen LogP contribution in [0.1, 0.15) is 51.0 Å². The van der Waals surface area contributed by atoms with Crippen molar-refractivity contribution < 1.29 is 0 Å². The molecule has 0 amide bonds. The van der Waals surface area contributed by atoms with Crippen LogP contribution in [0.2, 0.25) is 0 Å². The van der Waals surface area contributed by atoms with Crippen molar-refractivity contribution in [3.05, 3.63) is 35.9 Å². The highest BCUT2D eigenvalue weighted by atomic mass is 15.3. The molecule has 0 radical (unpaired) electrons. The molecule has 2 aliphatic rings. The third kappa shape index (κ3) is 2.91. The van der Waals surface area contributed by atoms with E-state index in [2.05, 4.69) is 47.5 Å². The monoisotopic (exact) mass is 272 g/mol. The average Bonchev–Trinajstić information content (AvgIpc) is 2.52. The first-order chi connectivity index (χ1) is 9.82. The number of nitrogens with one attached hydrogen (secondary N) is 1. The summed E-state index contributed by atoms with van der Waals surface area (Å²) in [4.78, 5) is 2.80. The van der Waals surface area contributed by atoms with E-state index in [9.17, 15) is 0 Å². The van der Waals surface area contributed by atoms with Gasteiger partial charge >= 0.3 is 0 Å². The summed E-state index contributed by atoms with van der Waals surface area (Å²) < 4.78 is 0. The largest absolute Gasteiger partial charge is 0.311 e. The second kappa shape index (κ2) is 6.28. The van der Waals surface area contributed by atoms with Crippen molar-refractivity contribution in [2.45, 2.75) is 63.6 Å². The molecule has 1 aromatic carbocycles. The van der Waals surface area contributed by atoms with Crippen molar-refractivity contribution in [3.8, 4) is 0 Å². The lowest BCUT2D eigenvalue weighted by atomic mass is 9.78. The van der Waals surface area contributed by atoms with Gasteiger partial charge in [-0.25, -0.2) is 0 Å². The normalized spacial score (nSPS) is 26.8. The highest BCUT2D eigenvalue weighted by molar-refractivity contribution is 5.16. The average molecular weight is 272 g/mol. The summed E-state index contributed by atoms with van der Waals surface area (Å²) in [6, 6.07) is 11.7. The molecular weight excluding hydrogens is 244 g/mol. The lowest BCUT2D eigenvalue weighted by molar-refractivity contribution is 0.00273. The third-order valence-electron chi connectivity index (χ3n) is 5.32. The molecule has 20 heavy (non-hydrogen) atoms. The summed E-state index contributed by atoms with van der Waals surface area (Å²) in [6.07, 6.45) is 8.24. The minimum absolute atomic E-state index is 0.430. The molecule has 1 atom stereocenters. The Bertz CT molecular complexity index is 409. The fourth-order valence-corrected chi connectivity index (χ4v) is 3.98. The van der Waals surface area contributed by atoms with E-state index < -0.39 is 0 Å². The number of hydrogen-bond donors (Lipinski definition) is 1. The fraction of sp³-hybridized carbons (Fsp3) is 0.667. The van der Waals surface area contributed by atoms with Crippen molar-refractivity contribution in [2.24, 2.45) is 0 Å². The van der Waals surface area contributed by atoms with Crippen LogP contribution >= 0.6 is 0 Å². The molecule has 1 saturated heterocycles. The quantitative estimate of drug-likeness (QED) is 0.905. The molecule has 1 spiro atoms. The smallest absolute Gasteiger partial charge is 0.0338 e. The second-order valence-electron chi connectivity index (χ2n) is 6.64. The van der Waals surface area contributed by atoms with Crippen LogP contribution in [0.5, 0.6) is 0 Å². The highest BCUT2D eigenvalue weighted by Gasteiger charge is 2.41. The molecule has 1 unspecified atom stereocenters. The van der Waals surface area contributed by atoms with E-state index in [1.165, 1.54) is 57.2 Å². The van der Waals surface area contributed by atoms with Gasteiger partial charge in [-0.05, 0) is 24.8 Å². The first-order valence-electron chi connectivity index (χ1n) is 8.35. The molecule has 1 aliphatic carbocycles. The maximum Gasteiger partial charge on any atom is 0.0338 e. The summed E-state index contributed by atoms with van der Waals surface area (Å²) in [5.41, 5.74) is 1.90. The maximum absolute atomic E-state index is 3.80. The first-order valence-corrected chi connectivity index (χ1v) is 8.35. The lowest BCUT2D eigenvalue weighted by Gasteiger charge is -2.52. The van der Waals surface area contributed by atoms with Crippen molar-refractivity contribution in [1.29, 1.82) is 0 Å². The number of rotatable bonds is 3. The van der Waals surface area contributed by atoms with Crippen LogP contribution in [0.3, 0.4) is 0 Å². The predicted octanol–water partition coefficient (Wildman–Crippen LogP) is 3.57. The van der Waals surface area contributed by atoms with Crippen LogP contribution in [0.25, 0.3) is 0 Å². The van der Waals surface area contributed by atoms with Gasteiger partial charge in [0.1, 0.15) is 0 Å². The Labute approximate surface area is 123 Å². The van der Waals surface area contributed by atoms with Crippen molar-refractivity contribution in [3.63, 3.8) is 0 Å². The first kappa shape index (κ1) is 14.1. The van der Waals surface area contributed by atoms with Gasteiger partial charge in [0.2, 0.25) is 0 Å². The molecule has 1 heterocycles. The molecule has 0 aromatic heterocycles. The zero-order valence-electron chi connectivity index (χ0n) is 12.8. The van der Waals surface area contributed by atoms with Crippen LogP contribution in [0, 0.1) is 0 Å². The van der Waals surface area contributed by atoms with Gasteiger partial charge in [-0.3, -0.25) is 4.90 Å². The highest BCUT2D eigenvalue weighted by Crippen LogP contribution is 2.36. The summed E-state index contributed by atoms with van der Waals surface area (Å²) in [5.74, 6) is 0. The van der Waals surface area contributed by atoms with Crippen LogP contribution < -0.4 is 5.32 Å². The number of nitrogens with zero attached hydrogens (tertiary/aromatic N) is 1. The van der Waals surface area contributed by atoms with E-state index in [0.29, 0.717) is 11.6 Å². The van der Waals surface area contributed by atoms with Crippen LogP contribution in [-0.2, 0) is 6.54 Å². The van der Waals surface area contributed by atoms with Crippen molar-refractivity contribution >= 4 is 0 Å². The molecule has 2 nitrogen and oxygen atoms in total. The zero-order chi connectivity index (χ0) is 13.8. The van der Waals surface area contributed by atoms with Gasteiger partial charge in [-0.1, -0.05) is 56.5 Å². The van der Waals surface area contributed by atoms with Gasteiger partial charge in [0.05, 0.1) is 0 Å². The Morgan fingerprint density at radius 1 is 1.15 bits per heavy atom. The maximum atomic E-state index is 3.80. The molecule has 1 aromatic rings. The minimum atomic E-state index is 0.430. The fourth-order valence-electron chi connectivity index (χ4n) is 3.98. The van der Waals surface area contributed by atoms with E-state index in [1.807, 2.05) is 0 Å². The molecule has 1 N–H and O–H groups in total. The standard InChI is InChI=1S/C18H28N2/c1-2-17-14-20(13-16-9-5-3-6-10-16)18(15-19-17)11-7-4-8-12-18/h3,5-6,9-10,17,19H,2,4,7-8,11-15H2,1H3. The summed E-state index contributed by atoms with van der Waals surface area (Å²) in [7, 11) is 0. The molecule has 2 fully saturated rings. The van der Waals surface area contributed by atoms with E-state index in [0.717, 1.165) is 6.54 Å². The molecule has 3 rings (SSSR count). The summed E-state index contributed by atoms with van der Waals surface area (Å²) >= 11 is 0. The van der Waals surface area contributed by atoms with Crippen LogP contribution in [0.15, 0.2) is 30.3 Å². The minimum Gasteiger partial charge on any atom is -0.311 e. The Kier molecular flexibility index (Phi) is 4.42. The van der Waals surface area contributed by atoms with Crippen molar-refractivity contribution in [2.75, 3.05) is 13.1 Å². The van der Waals surface area contributed by atoms with Crippen molar-refractivity contribution in [1.82, 2.24) is 10.2 Å². The van der Waals surface area contributed by atoms with Crippen LogP contribution in [0.4, 0.5) is 0 Å². The van der Waals surface area contributed by atoms with Gasteiger partial charge in [0.25, 0.3) is 0 Å². The van der Waals surface area contributed by atoms with Crippen LogP contribution in [-0.4, -0.2) is 29.6 Å². The number of piperazine rings is 1. The Hall–Kier alpha value is -0.860. The zero-order valence-corrected chi connectivity index (χ0v) is 12.8. The third-order valence-corrected chi connectivity index (χ3v) is 5.32. The van der Waals surface area contributed by atoms with E-state index >= 15 is 0 Å². The van der Waals surface area contributed by atoms with E-state index in [-0.39, 0.29) is 0 Å². The summed E-state index contributed by atoms with van der Waals surface area (Å²) in [6.45, 7) is 5.83. The Morgan fingerprint density at radius 2 is 1.90 bits per heavy atom. The predicted molar refractivity (Wildman–Crippen MR) is 84.7 cm³/mol. The van der Waals surface area contributed by atoms with Gasteiger partial charge in [0, 0.05) is 31.2 Å². The molecule has 1 aliphatic heterocycles. The lowest BCUT2D eigenvalue weighted by Crippen LogP contribution is -2.64.